The van der Waals surface area contributed by atoms with Crippen molar-refractivity contribution in [2.45, 2.75) is 18.6 Å². The maximum atomic E-state index is 14.8. The Morgan fingerprint density at radius 3 is 1.85 bits per heavy atom. The Hall–Kier alpha value is -2.57. The summed E-state index contributed by atoms with van der Waals surface area (Å²) in [6.07, 6.45) is -1.69. The van der Waals surface area contributed by atoms with Gasteiger partial charge in [-0.05, 0) is 12.1 Å². The minimum Gasteiger partial charge on any atom is -0.393 e. The molecule has 20 heavy (non-hydrogen) atoms. The lowest BCUT2D eigenvalue weighted by atomic mass is 10.0. The van der Waals surface area contributed by atoms with Crippen molar-refractivity contribution in [3.05, 3.63) is 35.4 Å². The van der Waals surface area contributed by atoms with E-state index in [1.165, 1.54) is 12.1 Å². The molecule has 0 aromatic heterocycles. The molecule has 0 radical (unpaired) electrons. The van der Waals surface area contributed by atoms with Crippen molar-refractivity contribution >= 4 is 23.8 Å². The van der Waals surface area contributed by atoms with Gasteiger partial charge >= 0.3 is 11.9 Å². The maximum absolute atomic E-state index is 14.8. The molecule has 0 N–H and O–H groups in total. The summed E-state index contributed by atoms with van der Waals surface area (Å²) in [5.41, 5.74) is 0.113. The van der Waals surface area contributed by atoms with Gasteiger partial charge in [0.05, 0.1) is 11.1 Å². The normalized spacial score (nSPS) is 20.9. The van der Waals surface area contributed by atoms with Crippen molar-refractivity contribution in [2.75, 3.05) is 0 Å². The van der Waals surface area contributed by atoms with E-state index in [4.69, 9.17) is 0 Å². The first-order valence-electron chi connectivity index (χ1n) is 5.83. The highest BCUT2D eigenvalue weighted by atomic mass is 19.1. The molecular formula is C13H8FNO5. The number of amides is 2. The monoisotopic (exact) mass is 277 g/mol. The average Bonchev–Trinajstić information content (AvgIpc) is 2.61. The van der Waals surface area contributed by atoms with E-state index in [1.807, 2.05) is 0 Å². The number of rotatable bonds is 1. The Morgan fingerprint density at radius 2 is 1.40 bits per heavy atom. The van der Waals surface area contributed by atoms with Crippen molar-refractivity contribution in [1.82, 2.24) is 4.90 Å². The molecule has 0 unspecified atom stereocenters. The molecule has 1 saturated heterocycles. The molecule has 1 fully saturated rings. The van der Waals surface area contributed by atoms with Crippen LogP contribution < -0.4 is 0 Å². The van der Waals surface area contributed by atoms with Crippen molar-refractivity contribution < 1.29 is 28.3 Å². The van der Waals surface area contributed by atoms with Crippen LogP contribution in [-0.2, 0) is 14.3 Å². The van der Waals surface area contributed by atoms with Gasteiger partial charge in [-0.1, -0.05) is 12.1 Å². The number of ether oxygens (including phenoxy) is 1. The molecule has 102 valence electrons. The zero-order valence-corrected chi connectivity index (χ0v) is 10.1. The van der Waals surface area contributed by atoms with E-state index in [-0.39, 0.29) is 11.1 Å². The standard InChI is InChI=1S/C13H8FNO5/c14-13(5-9(16)20-10(17)6-13)15-11(18)7-3-1-2-4-8(7)12(15)19/h1-4H,5-6H2. The van der Waals surface area contributed by atoms with E-state index >= 15 is 0 Å². The molecule has 0 saturated carbocycles. The summed E-state index contributed by atoms with van der Waals surface area (Å²) < 4.78 is 19.0. The summed E-state index contributed by atoms with van der Waals surface area (Å²) in [6, 6.07) is 5.86. The Kier molecular flexibility index (Phi) is 2.47. The third kappa shape index (κ3) is 1.63. The second-order valence-corrected chi connectivity index (χ2v) is 4.61. The first-order chi connectivity index (χ1) is 9.42. The lowest BCUT2D eigenvalue weighted by Gasteiger charge is -2.33. The molecule has 0 aliphatic carbocycles. The molecule has 0 spiro atoms. The van der Waals surface area contributed by atoms with Crippen molar-refractivity contribution in [3.63, 3.8) is 0 Å². The molecule has 2 heterocycles. The topological polar surface area (TPSA) is 80.8 Å². The Balaban J connectivity index is 2.04. The quantitative estimate of drug-likeness (QED) is 0.328. The molecule has 3 rings (SSSR count). The maximum Gasteiger partial charge on any atom is 0.318 e. The number of fused-ring (bicyclic) bond motifs is 1. The minimum absolute atomic E-state index is 0.0564. The summed E-state index contributed by atoms with van der Waals surface area (Å²) in [7, 11) is 0. The van der Waals surface area contributed by atoms with Crippen LogP contribution in [0.15, 0.2) is 24.3 Å². The second-order valence-electron chi connectivity index (χ2n) is 4.61. The van der Waals surface area contributed by atoms with Gasteiger partial charge in [-0.3, -0.25) is 19.2 Å². The minimum atomic E-state index is -2.67. The third-order valence-corrected chi connectivity index (χ3v) is 3.25. The molecule has 2 aliphatic rings. The van der Waals surface area contributed by atoms with Gasteiger partial charge in [0.15, 0.2) is 0 Å². The molecule has 0 atom stereocenters. The summed E-state index contributed by atoms with van der Waals surface area (Å²) in [5.74, 6) is -6.56. The Bertz CT molecular complexity index is 617. The summed E-state index contributed by atoms with van der Waals surface area (Å²) in [5, 5.41) is 0. The molecular weight excluding hydrogens is 269 g/mol. The first kappa shape index (κ1) is 12.5. The van der Waals surface area contributed by atoms with Crippen molar-refractivity contribution in [1.29, 1.82) is 0 Å². The molecule has 6 nitrogen and oxygen atoms in total. The molecule has 2 amide bonds. The number of cyclic esters (lactones) is 2. The molecule has 1 aromatic rings. The number of hydrogen-bond donors (Lipinski definition) is 0. The zero-order chi connectivity index (χ0) is 14.5. The largest absolute Gasteiger partial charge is 0.393 e. The third-order valence-electron chi connectivity index (χ3n) is 3.25. The van der Waals surface area contributed by atoms with Crippen LogP contribution in [-0.4, -0.2) is 34.4 Å². The smallest absolute Gasteiger partial charge is 0.318 e. The predicted octanol–water partition coefficient (Wildman–Crippen LogP) is 0.812. The second kappa shape index (κ2) is 3.96. The fourth-order valence-electron chi connectivity index (χ4n) is 2.42. The number of imide groups is 1. The molecule has 0 bridgehead atoms. The Morgan fingerprint density at radius 1 is 0.950 bits per heavy atom. The SMILES string of the molecule is O=C1CC(F)(N2C(=O)c3ccccc3C2=O)CC(=O)O1. The summed E-state index contributed by atoms with van der Waals surface area (Å²) in [6.45, 7) is 0. The number of alkyl halides is 1. The molecule has 7 heteroatoms. The van der Waals surface area contributed by atoms with Crippen LogP contribution in [0.3, 0.4) is 0 Å². The summed E-state index contributed by atoms with van der Waals surface area (Å²) >= 11 is 0. The fourth-order valence-corrected chi connectivity index (χ4v) is 2.42. The van der Waals surface area contributed by atoms with E-state index in [2.05, 4.69) is 4.74 Å². The van der Waals surface area contributed by atoms with Crippen molar-refractivity contribution in [2.24, 2.45) is 0 Å². The van der Waals surface area contributed by atoms with Gasteiger partial charge < -0.3 is 4.74 Å². The van der Waals surface area contributed by atoms with Gasteiger partial charge in [0.2, 0.25) is 5.79 Å². The number of hydrogen-bond acceptors (Lipinski definition) is 5. The van der Waals surface area contributed by atoms with Crippen LogP contribution in [0.25, 0.3) is 0 Å². The van der Waals surface area contributed by atoms with Gasteiger partial charge in [0.25, 0.3) is 11.8 Å². The molecule has 2 aliphatic heterocycles. The lowest BCUT2D eigenvalue weighted by Crippen LogP contribution is -2.53. The van der Waals surface area contributed by atoms with Crippen LogP contribution >= 0.6 is 0 Å². The van der Waals surface area contributed by atoms with Crippen LogP contribution in [0.1, 0.15) is 33.6 Å². The highest BCUT2D eigenvalue weighted by molar-refractivity contribution is 6.22. The van der Waals surface area contributed by atoms with E-state index < -0.39 is 42.4 Å². The Labute approximate surface area is 112 Å². The van der Waals surface area contributed by atoms with Gasteiger partial charge in [0, 0.05) is 0 Å². The number of benzene rings is 1. The van der Waals surface area contributed by atoms with Crippen LogP contribution in [0.2, 0.25) is 0 Å². The summed E-state index contributed by atoms with van der Waals surface area (Å²) in [4.78, 5) is 47.0. The molecule has 1 aromatic carbocycles. The van der Waals surface area contributed by atoms with Gasteiger partial charge in [-0.25, -0.2) is 9.29 Å². The van der Waals surface area contributed by atoms with Gasteiger partial charge in [-0.15, -0.1) is 0 Å². The predicted molar refractivity (Wildman–Crippen MR) is 61.1 cm³/mol. The van der Waals surface area contributed by atoms with E-state index in [0.29, 0.717) is 4.90 Å². The highest BCUT2D eigenvalue weighted by Gasteiger charge is 2.54. The van der Waals surface area contributed by atoms with Crippen LogP contribution in [0.4, 0.5) is 4.39 Å². The zero-order valence-electron chi connectivity index (χ0n) is 10.1. The van der Waals surface area contributed by atoms with E-state index in [0.717, 1.165) is 0 Å². The fraction of sp³-hybridized carbons (Fsp3) is 0.231. The first-order valence-corrected chi connectivity index (χ1v) is 5.83. The average molecular weight is 277 g/mol. The lowest BCUT2D eigenvalue weighted by molar-refractivity contribution is -0.174. The number of carbonyl (C=O) groups is 4. The van der Waals surface area contributed by atoms with Crippen LogP contribution in [0, 0.1) is 0 Å². The van der Waals surface area contributed by atoms with Gasteiger partial charge in [-0.2, -0.15) is 0 Å². The van der Waals surface area contributed by atoms with Crippen molar-refractivity contribution in [3.8, 4) is 0 Å². The number of halogens is 1. The number of esters is 2. The van der Waals surface area contributed by atoms with Gasteiger partial charge in [0.1, 0.15) is 12.8 Å². The number of carbonyl (C=O) groups excluding carboxylic acids is 4. The number of nitrogens with zero attached hydrogens (tertiary/aromatic N) is 1. The van der Waals surface area contributed by atoms with Crippen LogP contribution in [0.5, 0.6) is 0 Å². The van der Waals surface area contributed by atoms with E-state index in [9.17, 15) is 23.6 Å². The van der Waals surface area contributed by atoms with E-state index in [1.54, 1.807) is 12.1 Å². The highest BCUT2D eigenvalue weighted by Crippen LogP contribution is 2.37.